The Kier molecular flexibility index (Phi) is 5.21. The summed E-state index contributed by atoms with van der Waals surface area (Å²) in [5.74, 6) is -0.172. The maximum atomic E-state index is 13.1. The number of rotatable bonds is 7. The summed E-state index contributed by atoms with van der Waals surface area (Å²) in [6.07, 6.45) is 6.27. The van der Waals surface area contributed by atoms with Gasteiger partial charge in [-0.3, -0.25) is 13.9 Å². The molecular formula is C23H31N5O5. The van der Waals surface area contributed by atoms with Crippen molar-refractivity contribution >= 4 is 22.8 Å². The molecule has 0 radical (unpaired) electrons. The lowest BCUT2D eigenvalue weighted by Crippen LogP contribution is -2.48. The van der Waals surface area contributed by atoms with Crippen molar-refractivity contribution in [3.63, 3.8) is 0 Å². The summed E-state index contributed by atoms with van der Waals surface area (Å²) in [4.78, 5) is 50.7. The molecule has 3 saturated carbocycles. The van der Waals surface area contributed by atoms with Gasteiger partial charge in [-0.25, -0.2) is 14.6 Å². The largest absolute Gasteiger partial charge is 0.478 e. The Morgan fingerprint density at radius 3 is 2.24 bits per heavy atom. The second-order valence-electron chi connectivity index (χ2n) is 9.91. The average molecular weight is 458 g/mol. The van der Waals surface area contributed by atoms with Crippen molar-refractivity contribution in [3.05, 3.63) is 26.7 Å². The monoisotopic (exact) mass is 457 g/mol. The highest BCUT2D eigenvalue weighted by atomic mass is 16.7. The first kappa shape index (κ1) is 21.9. The van der Waals surface area contributed by atoms with Gasteiger partial charge in [0.25, 0.3) is 5.56 Å². The summed E-state index contributed by atoms with van der Waals surface area (Å²) in [7, 11) is 0. The van der Waals surface area contributed by atoms with E-state index in [0.29, 0.717) is 37.1 Å². The summed E-state index contributed by atoms with van der Waals surface area (Å²) in [5, 5.41) is 13.4. The standard InChI is InChI=1S/C23H31N5O5/c1-3-11-27-17-16(18(29)28(12-4-2)21(27)32)24-20(25-17)23-8-5-22(6-9-23,7-10-23)15-13-14(19(30)31)33-26-15/h14H,3-13H2,1-2H3,(H,24,25)(H,30,31). The van der Waals surface area contributed by atoms with E-state index in [1.807, 2.05) is 13.8 Å². The van der Waals surface area contributed by atoms with Gasteiger partial charge < -0.3 is 14.9 Å². The third-order valence-corrected chi connectivity index (χ3v) is 8.06. The van der Waals surface area contributed by atoms with Crippen LogP contribution in [0.1, 0.15) is 77.5 Å². The number of aryl methyl sites for hydroxylation is 1. The van der Waals surface area contributed by atoms with Gasteiger partial charge in [0.1, 0.15) is 11.5 Å². The molecule has 0 aromatic carbocycles. The highest BCUT2D eigenvalue weighted by molar-refractivity contribution is 5.95. The van der Waals surface area contributed by atoms with Crippen LogP contribution in [0.25, 0.3) is 11.2 Å². The Balaban J connectivity index is 1.48. The van der Waals surface area contributed by atoms with E-state index in [-0.39, 0.29) is 22.1 Å². The number of fused-ring (bicyclic) bond motifs is 4. The van der Waals surface area contributed by atoms with Gasteiger partial charge >= 0.3 is 11.7 Å². The molecule has 4 aliphatic rings. The third kappa shape index (κ3) is 3.25. The Bertz CT molecular complexity index is 1230. The maximum Gasteiger partial charge on any atom is 0.348 e. The molecule has 0 spiro atoms. The Morgan fingerprint density at radius 1 is 1.06 bits per heavy atom. The number of carbonyl (C=O) groups is 1. The van der Waals surface area contributed by atoms with E-state index < -0.39 is 12.1 Å². The van der Waals surface area contributed by atoms with Crippen LogP contribution in [0.4, 0.5) is 0 Å². The smallest absolute Gasteiger partial charge is 0.348 e. The maximum absolute atomic E-state index is 13.1. The fraction of sp³-hybridized carbons (Fsp3) is 0.696. The first-order valence-electron chi connectivity index (χ1n) is 12.0. The SMILES string of the molecule is CCCn1c(=O)c2nc(C34CCC(C5=NOC(C(=O)O)C5)(CC3)CC4)[nH]c2n(CCC)c1=O. The fourth-order valence-corrected chi connectivity index (χ4v) is 6.06. The second kappa shape index (κ2) is 7.85. The molecule has 3 aliphatic carbocycles. The van der Waals surface area contributed by atoms with E-state index in [1.54, 1.807) is 4.57 Å². The Morgan fingerprint density at radius 2 is 1.67 bits per heavy atom. The lowest BCUT2D eigenvalue weighted by atomic mass is 9.51. The quantitative estimate of drug-likeness (QED) is 0.657. The van der Waals surface area contributed by atoms with Crippen LogP contribution in [0.2, 0.25) is 0 Å². The van der Waals surface area contributed by atoms with Gasteiger partial charge in [0.05, 0.1) is 5.71 Å². The van der Waals surface area contributed by atoms with Gasteiger partial charge in [-0.2, -0.15) is 0 Å². The molecule has 2 aromatic heterocycles. The van der Waals surface area contributed by atoms with Crippen molar-refractivity contribution < 1.29 is 14.7 Å². The van der Waals surface area contributed by atoms with Gasteiger partial charge in [-0.15, -0.1) is 0 Å². The van der Waals surface area contributed by atoms with Gasteiger partial charge in [0.15, 0.2) is 5.52 Å². The molecule has 2 aromatic rings. The zero-order valence-corrected chi connectivity index (χ0v) is 19.2. The van der Waals surface area contributed by atoms with E-state index in [1.165, 1.54) is 4.57 Å². The molecule has 10 heteroatoms. The van der Waals surface area contributed by atoms with Crippen molar-refractivity contribution in [1.29, 1.82) is 0 Å². The topological polar surface area (TPSA) is 132 Å². The number of imidazole rings is 1. The molecule has 3 heterocycles. The van der Waals surface area contributed by atoms with Crippen LogP contribution in [-0.4, -0.2) is 42.0 Å². The van der Waals surface area contributed by atoms with E-state index in [4.69, 9.17) is 9.82 Å². The first-order chi connectivity index (χ1) is 15.8. The lowest BCUT2D eigenvalue weighted by molar-refractivity contribution is -0.148. The van der Waals surface area contributed by atoms with Crippen molar-refractivity contribution in [2.45, 2.75) is 96.2 Å². The van der Waals surface area contributed by atoms with Gasteiger partial charge in [0, 0.05) is 30.3 Å². The minimum Gasteiger partial charge on any atom is -0.478 e. The molecule has 1 atom stereocenters. The highest BCUT2D eigenvalue weighted by Gasteiger charge is 2.54. The van der Waals surface area contributed by atoms with Crippen LogP contribution in [-0.2, 0) is 28.1 Å². The van der Waals surface area contributed by atoms with Crippen molar-refractivity contribution in [2.75, 3.05) is 0 Å². The van der Waals surface area contributed by atoms with Crippen molar-refractivity contribution in [3.8, 4) is 0 Å². The number of nitrogens with zero attached hydrogens (tertiary/aromatic N) is 4. The van der Waals surface area contributed by atoms with Crippen LogP contribution in [0.3, 0.4) is 0 Å². The van der Waals surface area contributed by atoms with E-state index in [0.717, 1.165) is 56.5 Å². The Hall–Kier alpha value is -2.91. The number of hydrogen-bond acceptors (Lipinski definition) is 6. The number of nitrogens with one attached hydrogen (secondary N) is 1. The van der Waals surface area contributed by atoms with Gasteiger partial charge in [-0.05, 0) is 51.4 Å². The summed E-state index contributed by atoms with van der Waals surface area (Å²) in [6.45, 7) is 4.87. The summed E-state index contributed by atoms with van der Waals surface area (Å²) >= 11 is 0. The first-order valence-corrected chi connectivity index (χ1v) is 12.0. The van der Waals surface area contributed by atoms with E-state index in [9.17, 15) is 19.5 Å². The number of aliphatic carboxylic acids is 1. The van der Waals surface area contributed by atoms with Crippen LogP contribution in [0, 0.1) is 5.41 Å². The molecule has 1 unspecified atom stereocenters. The summed E-state index contributed by atoms with van der Waals surface area (Å²) in [5.41, 5.74) is 0.902. The van der Waals surface area contributed by atoms with E-state index >= 15 is 0 Å². The number of oxime groups is 1. The molecule has 1 aliphatic heterocycles. The minimum absolute atomic E-state index is 0.101. The Labute approximate surface area is 190 Å². The van der Waals surface area contributed by atoms with Crippen LogP contribution >= 0.6 is 0 Å². The second-order valence-corrected chi connectivity index (χ2v) is 9.91. The van der Waals surface area contributed by atoms with E-state index in [2.05, 4.69) is 10.1 Å². The molecule has 2 bridgehead atoms. The molecule has 2 N–H and O–H groups in total. The van der Waals surface area contributed by atoms with Crippen LogP contribution < -0.4 is 11.2 Å². The summed E-state index contributed by atoms with van der Waals surface area (Å²) in [6, 6.07) is 0. The predicted molar refractivity (Wildman–Crippen MR) is 122 cm³/mol. The van der Waals surface area contributed by atoms with Crippen LogP contribution in [0.5, 0.6) is 0 Å². The molecule has 6 rings (SSSR count). The molecule has 0 saturated heterocycles. The zero-order valence-electron chi connectivity index (χ0n) is 19.2. The average Bonchev–Trinajstić information content (AvgIpc) is 3.50. The summed E-state index contributed by atoms with van der Waals surface area (Å²) < 4.78 is 2.97. The van der Waals surface area contributed by atoms with Crippen LogP contribution in [0.15, 0.2) is 14.7 Å². The zero-order chi connectivity index (χ0) is 23.4. The van der Waals surface area contributed by atoms with Crippen molar-refractivity contribution in [2.24, 2.45) is 10.6 Å². The van der Waals surface area contributed by atoms with Gasteiger partial charge in [-0.1, -0.05) is 19.0 Å². The number of carboxylic acids is 1. The minimum atomic E-state index is -0.972. The predicted octanol–water partition coefficient (Wildman–Crippen LogP) is 2.53. The molecule has 178 valence electrons. The number of aromatic nitrogens is 4. The molecule has 3 fully saturated rings. The number of aromatic amines is 1. The fourth-order valence-electron chi connectivity index (χ4n) is 6.06. The lowest BCUT2D eigenvalue weighted by Gasteiger charge is -2.52. The number of H-pyrrole nitrogens is 1. The molecule has 0 amide bonds. The highest BCUT2D eigenvalue weighted by Crippen LogP contribution is 2.58. The molecule has 10 nitrogen and oxygen atoms in total. The normalized spacial score (nSPS) is 28.8. The number of carboxylic acid groups (broad SMARTS) is 1. The molecular weight excluding hydrogens is 426 g/mol. The molecule has 33 heavy (non-hydrogen) atoms. The number of hydrogen-bond donors (Lipinski definition) is 2. The van der Waals surface area contributed by atoms with Gasteiger partial charge in [0.2, 0.25) is 6.10 Å². The van der Waals surface area contributed by atoms with Crippen molar-refractivity contribution in [1.82, 2.24) is 19.1 Å². The third-order valence-electron chi connectivity index (χ3n) is 8.06.